The number of anilines is 1. The van der Waals surface area contributed by atoms with Crippen LogP contribution in [0.3, 0.4) is 0 Å². The van der Waals surface area contributed by atoms with Crippen molar-refractivity contribution in [1.29, 1.82) is 0 Å². The third-order valence-electron chi connectivity index (χ3n) is 4.25. The number of fused-ring (bicyclic) bond motifs is 1. The molecule has 0 saturated carbocycles. The third-order valence-corrected chi connectivity index (χ3v) is 5.41. The van der Waals surface area contributed by atoms with Crippen LogP contribution in [0.5, 0.6) is 5.75 Å². The van der Waals surface area contributed by atoms with Crippen molar-refractivity contribution in [2.24, 2.45) is 5.41 Å². The van der Waals surface area contributed by atoms with E-state index < -0.39 is 0 Å². The van der Waals surface area contributed by atoms with Crippen LogP contribution in [0.1, 0.15) is 12.8 Å². The Morgan fingerprint density at radius 2 is 2.10 bits per heavy atom. The number of nitrogens with zero attached hydrogens (tertiary/aromatic N) is 1. The van der Waals surface area contributed by atoms with Crippen molar-refractivity contribution in [3.63, 3.8) is 0 Å². The van der Waals surface area contributed by atoms with E-state index in [1.165, 1.54) is 0 Å². The molecule has 0 N–H and O–H groups in total. The molecule has 0 bridgehead atoms. The average Bonchev–Trinajstić information content (AvgIpc) is 2.51. The molecule has 21 heavy (non-hydrogen) atoms. The van der Waals surface area contributed by atoms with Gasteiger partial charge in [0.25, 0.3) is 5.91 Å². The van der Waals surface area contributed by atoms with Crippen LogP contribution < -0.4 is 9.64 Å². The fourth-order valence-corrected chi connectivity index (χ4v) is 3.62. The van der Waals surface area contributed by atoms with Gasteiger partial charge in [-0.15, -0.1) is 0 Å². The highest BCUT2D eigenvalue weighted by Crippen LogP contribution is 2.39. The number of hydrogen-bond acceptors (Lipinski definition) is 4. The summed E-state index contributed by atoms with van der Waals surface area (Å²) in [5.74, 6) is 1.53. The van der Waals surface area contributed by atoms with Crippen molar-refractivity contribution in [3.8, 4) is 5.75 Å². The molecule has 1 aromatic rings. The maximum absolute atomic E-state index is 12.3. The monoisotopic (exact) mass is 371 g/mol. The SMILES string of the molecule is O=C1COc2ccc(Br)cc2N1CC1(CS)CCOCC1. The van der Waals surface area contributed by atoms with Gasteiger partial charge in [0.1, 0.15) is 5.75 Å². The first-order valence-electron chi connectivity index (χ1n) is 7.05. The van der Waals surface area contributed by atoms with E-state index in [0.717, 1.165) is 47.7 Å². The molecule has 3 rings (SSSR count). The van der Waals surface area contributed by atoms with Crippen LogP contribution in [0, 0.1) is 5.41 Å². The van der Waals surface area contributed by atoms with E-state index in [1.54, 1.807) is 0 Å². The molecule has 1 amide bonds. The molecule has 0 aromatic heterocycles. The molecule has 2 aliphatic rings. The van der Waals surface area contributed by atoms with Gasteiger partial charge >= 0.3 is 0 Å². The summed E-state index contributed by atoms with van der Waals surface area (Å²) >= 11 is 8.00. The summed E-state index contributed by atoms with van der Waals surface area (Å²) in [4.78, 5) is 14.2. The molecule has 1 aromatic carbocycles. The summed E-state index contributed by atoms with van der Waals surface area (Å²) in [6.07, 6.45) is 1.87. The van der Waals surface area contributed by atoms with Crippen molar-refractivity contribution in [3.05, 3.63) is 22.7 Å². The second-order valence-corrected chi connectivity index (χ2v) is 6.88. The highest BCUT2D eigenvalue weighted by molar-refractivity contribution is 9.10. The average molecular weight is 372 g/mol. The first-order valence-corrected chi connectivity index (χ1v) is 8.47. The Balaban J connectivity index is 1.90. The lowest BCUT2D eigenvalue weighted by Gasteiger charge is -2.41. The fraction of sp³-hybridized carbons (Fsp3) is 0.533. The van der Waals surface area contributed by atoms with Crippen LogP contribution in [0.2, 0.25) is 0 Å². The molecular formula is C15H18BrNO3S. The molecular weight excluding hydrogens is 354 g/mol. The molecule has 6 heteroatoms. The molecule has 1 fully saturated rings. The molecule has 1 saturated heterocycles. The van der Waals surface area contributed by atoms with E-state index in [2.05, 4.69) is 28.6 Å². The van der Waals surface area contributed by atoms with E-state index in [0.29, 0.717) is 6.54 Å². The molecule has 0 spiro atoms. The maximum atomic E-state index is 12.3. The van der Waals surface area contributed by atoms with E-state index in [4.69, 9.17) is 9.47 Å². The molecule has 2 aliphatic heterocycles. The summed E-state index contributed by atoms with van der Waals surface area (Å²) in [5.41, 5.74) is 0.863. The number of amides is 1. The number of halogens is 1. The molecule has 114 valence electrons. The molecule has 0 unspecified atom stereocenters. The number of rotatable bonds is 3. The minimum Gasteiger partial charge on any atom is -0.482 e. The van der Waals surface area contributed by atoms with Crippen molar-refractivity contribution in [2.75, 3.05) is 37.0 Å². The van der Waals surface area contributed by atoms with Crippen LogP contribution in [0.25, 0.3) is 0 Å². The van der Waals surface area contributed by atoms with Crippen molar-refractivity contribution < 1.29 is 14.3 Å². The standard InChI is InChI=1S/C15H18BrNO3S/c16-11-1-2-13-12(7-11)17(14(18)8-20-13)9-15(10-21)3-5-19-6-4-15/h1-2,7,21H,3-6,8-10H2. The van der Waals surface area contributed by atoms with Crippen LogP contribution >= 0.6 is 28.6 Å². The lowest BCUT2D eigenvalue weighted by atomic mass is 9.81. The Bertz CT molecular complexity index is 546. The number of carbonyl (C=O) groups is 1. The molecule has 0 radical (unpaired) electrons. The van der Waals surface area contributed by atoms with E-state index in [-0.39, 0.29) is 17.9 Å². The lowest BCUT2D eigenvalue weighted by Crippen LogP contribution is -2.48. The van der Waals surface area contributed by atoms with E-state index in [1.807, 2.05) is 23.1 Å². The van der Waals surface area contributed by atoms with Gasteiger partial charge < -0.3 is 14.4 Å². The Kier molecular flexibility index (Phi) is 4.47. The predicted molar refractivity (Wildman–Crippen MR) is 88.3 cm³/mol. The summed E-state index contributed by atoms with van der Waals surface area (Å²) in [5, 5.41) is 0. The summed E-state index contributed by atoms with van der Waals surface area (Å²) in [7, 11) is 0. The maximum Gasteiger partial charge on any atom is 0.265 e. The smallest absolute Gasteiger partial charge is 0.265 e. The Morgan fingerprint density at radius 1 is 1.33 bits per heavy atom. The van der Waals surface area contributed by atoms with Crippen LogP contribution in [0.15, 0.2) is 22.7 Å². The summed E-state index contributed by atoms with van der Waals surface area (Å²) in [6, 6.07) is 5.77. The number of thiol groups is 1. The van der Waals surface area contributed by atoms with Crippen LogP contribution in [0.4, 0.5) is 5.69 Å². The zero-order chi connectivity index (χ0) is 14.9. The van der Waals surface area contributed by atoms with Gasteiger partial charge in [0, 0.05) is 29.6 Å². The lowest BCUT2D eigenvalue weighted by molar-refractivity contribution is -0.121. The third kappa shape index (κ3) is 3.07. The van der Waals surface area contributed by atoms with Gasteiger partial charge in [-0.2, -0.15) is 12.6 Å². The number of carbonyl (C=O) groups excluding carboxylic acids is 1. The minimum atomic E-state index is 0.00764. The summed E-state index contributed by atoms with van der Waals surface area (Å²) in [6.45, 7) is 2.26. The zero-order valence-electron chi connectivity index (χ0n) is 11.7. The van der Waals surface area contributed by atoms with Gasteiger partial charge in [-0.05, 0) is 36.8 Å². The number of ether oxygens (including phenoxy) is 2. The zero-order valence-corrected chi connectivity index (χ0v) is 14.2. The van der Waals surface area contributed by atoms with Gasteiger partial charge in [0.05, 0.1) is 5.69 Å². The van der Waals surface area contributed by atoms with Crippen LogP contribution in [-0.4, -0.2) is 38.0 Å². The predicted octanol–water partition coefficient (Wildman–Crippen LogP) is 2.90. The van der Waals surface area contributed by atoms with Gasteiger partial charge in [-0.3, -0.25) is 4.79 Å². The van der Waals surface area contributed by atoms with E-state index in [9.17, 15) is 4.79 Å². The fourth-order valence-electron chi connectivity index (χ4n) is 2.85. The molecule has 0 aliphatic carbocycles. The Hall–Kier alpha value is -0.720. The normalized spacial score (nSPS) is 20.9. The quantitative estimate of drug-likeness (QED) is 0.830. The second kappa shape index (κ2) is 6.18. The molecule has 2 heterocycles. The highest BCUT2D eigenvalue weighted by Gasteiger charge is 2.37. The topological polar surface area (TPSA) is 38.8 Å². The number of hydrogen-bond donors (Lipinski definition) is 1. The van der Waals surface area contributed by atoms with Gasteiger partial charge in [-0.1, -0.05) is 15.9 Å². The highest BCUT2D eigenvalue weighted by atomic mass is 79.9. The molecule has 0 atom stereocenters. The van der Waals surface area contributed by atoms with Crippen LogP contribution in [-0.2, 0) is 9.53 Å². The minimum absolute atomic E-state index is 0.00764. The Morgan fingerprint density at radius 3 is 2.81 bits per heavy atom. The van der Waals surface area contributed by atoms with Crippen molar-refractivity contribution >= 4 is 40.2 Å². The van der Waals surface area contributed by atoms with Gasteiger partial charge in [0.15, 0.2) is 6.61 Å². The van der Waals surface area contributed by atoms with Gasteiger partial charge in [-0.25, -0.2) is 0 Å². The van der Waals surface area contributed by atoms with Crippen molar-refractivity contribution in [2.45, 2.75) is 12.8 Å². The summed E-state index contributed by atoms with van der Waals surface area (Å²) < 4.78 is 11.9. The van der Waals surface area contributed by atoms with Gasteiger partial charge in [0.2, 0.25) is 0 Å². The van der Waals surface area contributed by atoms with Crippen molar-refractivity contribution in [1.82, 2.24) is 0 Å². The second-order valence-electron chi connectivity index (χ2n) is 5.65. The van der Waals surface area contributed by atoms with E-state index >= 15 is 0 Å². The molecule has 4 nitrogen and oxygen atoms in total. The first kappa shape index (κ1) is 15.2. The Labute approximate surface area is 138 Å². The first-order chi connectivity index (χ1) is 10.1. The largest absolute Gasteiger partial charge is 0.482 e. The number of benzene rings is 1.